The number of nitrogens with one attached hydrogen (secondary N) is 1. The van der Waals surface area contributed by atoms with Gasteiger partial charge in [0.1, 0.15) is 0 Å². The fourth-order valence-corrected chi connectivity index (χ4v) is 3.42. The SMILES string of the molecule is CCCOc1c(Br)cc(/C=N\Nc2ncc(F)c(N3CCOCC3)n2)cc1OCC. The summed E-state index contributed by atoms with van der Waals surface area (Å²) < 4.78 is 31.7. The molecule has 8 nitrogen and oxygen atoms in total. The van der Waals surface area contributed by atoms with Gasteiger partial charge in [0, 0.05) is 13.1 Å². The van der Waals surface area contributed by atoms with E-state index in [2.05, 4.69) is 36.4 Å². The van der Waals surface area contributed by atoms with Gasteiger partial charge in [-0.3, -0.25) is 0 Å². The molecule has 3 rings (SSSR count). The van der Waals surface area contributed by atoms with Crippen molar-refractivity contribution in [3.63, 3.8) is 0 Å². The molecule has 1 aromatic heterocycles. The lowest BCUT2D eigenvalue weighted by Gasteiger charge is -2.27. The first kappa shape index (κ1) is 22.2. The lowest BCUT2D eigenvalue weighted by atomic mass is 10.2. The number of hydrazone groups is 1. The van der Waals surface area contributed by atoms with Crippen molar-refractivity contribution in [3.8, 4) is 11.5 Å². The Hall–Kier alpha value is -2.46. The van der Waals surface area contributed by atoms with Crippen LogP contribution in [0, 0.1) is 5.82 Å². The van der Waals surface area contributed by atoms with Gasteiger partial charge in [-0.2, -0.15) is 10.1 Å². The third-order valence-corrected chi connectivity index (χ3v) is 4.79. The summed E-state index contributed by atoms with van der Waals surface area (Å²) in [6.45, 7) is 7.32. The molecule has 2 heterocycles. The van der Waals surface area contributed by atoms with Crippen molar-refractivity contribution in [2.45, 2.75) is 20.3 Å². The van der Waals surface area contributed by atoms with Gasteiger partial charge in [0.25, 0.3) is 0 Å². The summed E-state index contributed by atoms with van der Waals surface area (Å²) in [6, 6.07) is 3.72. The van der Waals surface area contributed by atoms with E-state index in [4.69, 9.17) is 14.2 Å². The number of ether oxygens (including phenoxy) is 3. The maximum Gasteiger partial charge on any atom is 0.245 e. The topological polar surface area (TPSA) is 81.1 Å². The Balaban J connectivity index is 1.73. The Labute approximate surface area is 183 Å². The van der Waals surface area contributed by atoms with Gasteiger partial charge in [-0.15, -0.1) is 0 Å². The summed E-state index contributed by atoms with van der Waals surface area (Å²) in [5.41, 5.74) is 3.54. The van der Waals surface area contributed by atoms with Crippen LogP contribution in [0.2, 0.25) is 0 Å². The van der Waals surface area contributed by atoms with Gasteiger partial charge in [0.05, 0.1) is 43.3 Å². The zero-order valence-electron chi connectivity index (χ0n) is 17.0. The Kier molecular flexibility index (Phi) is 8.21. The van der Waals surface area contributed by atoms with Crippen LogP contribution < -0.4 is 19.8 Å². The van der Waals surface area contributed by atoms with E-state index in [1.165, 1.54) is 0 Å². The van der Waals surface area contributed by atoms with E-state index in [1.807, 2.05) is 30.9 Å². The number of nitrogens with zero attached hydrogens (tertiary/aromatic N) is 4. The number of hydrogen-bond acceptors (Lipinski definition) is 8. The van der Waals surface area contributed by atoms with Crippen LogP contribution in [0.5, 0.6) is 11.5 Å². The van der Waals surface area contributed by atoms with Gasteiger partial charge in [-0.25, -0.2) is 14.8 Å². The van der Waals surface area contributed by atoms with Gasteiger partial charge in [0.2, 0.25) is 5.95 Å². The molecular weight excluding hydrogens is 457 g/mol. The highest BCUT2D eigenvalue weighted by Crippen LogP contribution is 2.36. The van der Waals surface area contributed by atoms with Crippen molar-refractivity contribution in [2.75, 3.05) is 49.8 Å². The highest BCUT2D eigenvalue weighted by Gasteiger charge is 2.17. The molecule has 0 saturated carbocycles. The molecule has 0 aliphatic carbocycles. The Morgan fingerprint density at radius 3 is 2.83 bits per heavy atom. The zero-order valence-corrected chi connectivity index (χ0v) is 18.6. The first-order chi connectivity index (χ1) is 14.6. The second-order valence-corrected chi connectivity index (χ2v) is 7.30. The molecule has 10 heteroatoms. The fourth-order valence-electron chi connectivity index (χ4n) is 2.84. The number of aromatic nitrogens is 2. The molecule has 0 radical (unpaired) electrons. The van der Waals surface area contributed by atoms with Crippen molar-refractivity contribution in [1.29, 1.82) is 0 Å². The number of morpholine rings is 1. The van der Waals surface area contributed by atoms with E-state index >= 15 is 0 Å². The van der Waals surface area contributed by atoms with Crippen molar-refractivity contribution >= 4 is 33.9 Å². The first-order valence-electron chi connectivity index (χ1n) is 9.85. The minimum absolute atomic E-state index is 0.209. The molecule has 1 N–H and O–H groups in total. The summed E-state index contributed by atoms with van der Waals surface area (Å²) in [5.74, 6) is 1.28. The second-order valence-electron chi connectivity index (χ2n) is 6.45. The van der Waals surface area contributed by atoms with E-state index in [9.17, 15) is 4.39 Å². The normalized spacial score (nSPS) is 14.2. The quantitative estimate of drug-likeness (QED) is 0.430. The average Bonchev–Trinajstić information content (AvgIpc) is 2.75. The number of rotatable bonds is 9. The molecule has 2 aromatic rings. The number of anilines is 2. The maximum atomic E-state index is 14.1. The van der Waals surface area contributed by atoms with Crippen LogP contribution in [-0.2, 0) is 4.74 Å². The van der Waals surface area contributed by atoms with E-state index in [0.29, 0.717) is 51.0 Å². The molecule has 162 valence electrons. The molecular formula is C20H25BrFN5O3. The molecule has 30 heavy (non-hydrogen) atoms. The standard InChI is InChI=1S/C20H25BrFN5O3/c1-3-7-30-18-15(21)10-14(11-17(18)29-4-2)12-24-26-20-23-13-16(22)19(25-20)27-5-8-28-9-6-27/h10-13H,3-9H2,1-2H3,(H,23,25,26)/b24-12-. The average molecular weight is 482 g/mol. The van der Waals surface area contributed by atoms with Crippen molar-refractivity contribution in [2.24, 2.45) is 5.10 Å². The molecule has 1 saturated heterocycles. The van der Waals surface area contributed by atoms with Crippen LogP contribution in [0.15, 0.2) is 27.9 Å². The van der Waals surface area contributed by atoms with Crippen molar-refractivity contribution < 1.29 is 18.6 Å². The lowest BCUT2D eigenvalue weighted by Crippen LogP contribution is -2.37. The predicted octanol–water partition coefficient (Wildman–Crippen LogP) is 3.85. The molecule has 0 bridgehead atoms. The molecule has 1 fully saturated rings. The van der Waals surface area contributed by atoms with Gasteiger partial charge < -0.3 is 19.1 Å². The Morgan fingerprint density at radius 2 is 2.10 bits per heavy atom. The van der Waals surface area contributed by atoms with Gasteiger partial charge in [-0.05, 0) is 47.0 Å². The van der Waals surface area contributed by atoms with E-state index < -0.39 is 5.82 Å². The Morgan fingerprint density at radius 1 is 1.30 bits per heavy atom. The van der Waals surface area contributed by atoms with Crippen molar-refractivity contribution in [3.05, 3.63) is 34.2 Å². The van der Waals surface area contributed by atoms with Crippen LogP contribution in [-0.4, -0.2) is 55.7 Å². The van der Waals surface area contributed by atoms with Crippen molar-refractivity contribution in [1.82, 2.24) is 9.97 Å². The lowest BCUT2D eigenvalue weighted by molar-refractivity contribution is 0.122. The van der Waals surface area contributed by atoms with Gasteiger partial charge in [0.15, 0.2) is 23.1 Å². The smallest absolute Gasteiger partial charge is 0.245 e. The largest absolute Gasteiger partial charge is 0.490 e. The highest BCUT2D eigenvalue weighted by atomic mass is 79.9. The molecule has 0 atom stereocenters. The number of benzene rings is 1. The summed E-state index contributed by atoms with van der Waals surface area (Å²) in [4.78, 5) is 10.0. The molecule has 1 aliphatic heterocycles. The van der Waals surface area contributed by atoms with Crippen LogP contribution in [0.1, 0.15) is 25.8 Å². The summed E-state index contributed by atoms with van der Waals surface area (Å²) in [7, 11) is 0. The van der Waals surface area contributed by atoms with Crippen LogP contribution in [0.4, 0.5) is 16.2 Å². The third kappa shape index (κ3) is 5.79. The predicted molar refractivity (Wildman–Crippen MR) is 117 cm³/mol. The highest BCUT2D eigenvalue weighted by molar-refractivity contribution is 9.10. The first-order valence-corrected chi connectivity index (χ1v) is 10.6. The van der Waals surface area contributed by atoms with E-state index in [0.717, 1.165) is 22.7 Å². The Bertz CT molecular complexity index is 878. The third-order valence-electron chi connectivity index (χ3n) is 4.20. The fraction of sp³-hybridized carbons (Fsp3) is 0.450. The van der Waals surface area contributed by atoms with E-state index in [-0.39, 0.29) is 11.8 Å². The zero-order chi connectivity index (χ0) is 21.3. The molecule has 1 aromatic carbocycles. The van der Waals surface area contributed by atoms with Crippen LogP contribution in [0.25, 0.3) is 0 Å². The van der Waals surface area contributed by atoms with Crippen LogP contribution >= 0.6 is 15.9 Å². The molecule has 0 unspecified atom stereocenters. The molecule has 0 spiro atoms. The maximum absolute atomic E-state index is 14.1. The number of hydrogen-bond donors (Lipinski definition) is 1. The van der Waals surface area contributed by atoms with Gasteiger partial charge >= 0.3 is 0 Å². The minimum atomic E-state index is -0.473. The van der Waals surface area contributed by atoms with Crippen LogP contribution in [0.3, 0.4) is 0 Å². The minimum Gasteiger partial charge on any atom is -0.490 e. The molecule has 0 amide bonds. The summed E-state index contributed by atoms with van der Waals surface area (Å²) >= 11 is 3.53. The summed E-state index contributed by atoms with van der Waals surface area (Å²) in [6.07, 6.45) is 3.65. The second kappa shape index (κ2) is 11.1. The monoisotopic (exact) mass is 481 g/mol. The number of halogens is 2. The van der Waals surface area contributed by atoms with Gasteiger partial charge in [-0.1, -0.05) is 6.92 Å². The summed E-state index contributed by atoms with van der Waals surface area (Å²) in [5, 5.41) is 4.18. The molecule has 1 aliphatic rings. The van der Waals surface area contributed by atoms with E-state index in [1.54, 1.807) is 6.21 Å².